The molecule has 1 rings (SSSR count). The predicted octanol–water partition coefficient (Wildman–Crippen LogP) is 2.74. The molecule has 2 heteroatoms. The Morgan fingerprint density at radius 2 is 1.62 bits per heavy atom. The van der Waals surface area contributed by atoms with Crippen LogP contribution in [0.25, 0.3) is 0 Å². The van der Waals surface area contributed by atoms with Crippen LogP contribution in [0.3, 0.4) is 0 Å². The van der Waals surface area contributed by atoms with Gasteiger partial charge in [-0.1, -0.05) is 34.1 Å². The predicted molar refractivity (Wildman–Crippen MR) is 71.8 cm³/mol. The Labute approximate surface area is 102 Å². The van der Waals surface area contributed by atoms with Crippen LogP contribution < -0.4 is 5.32 Å². The maximum absolute atomic E-state index is 3.78. The molecule has 2 nitrogen and oxygen atoms in total. The highest BCUT2D eigenvalue weighted by molar-refractivity contribution is 4.83. The molecule has 0 aromatic rings. The zero-order valence-corrected chi connectivity index (χ0v) is 11.6. The first kappa shape index (κ1) is 14.0. The van der Waals surface area contributed by atoms with E-state index >= 15 is 0 Å². The summed E-state index contributed by atoms with van der Waals surface area (Å²) < 4.78 is 0. The molecule has 0 heterocycles. The topological polar surface area (TPSA) is 15.3 Å². The van der Waals surface area contributed by atoms with E-state index < -0.39 is 0 Å². The molecule has 1 aliphatic carbocycles. The second kappa shape index (κ2) is 7.29. The second-order valence-electron chi connectivity index (χ2n) is 5.39. The van der Waals surface area contributed by atoms with E-state index in [2.05, 4.69) is 37.9 Å². The highest BCUT2D eigenvalue weighted by Gasteiger charge is 2.26. The number of nitrogens with zero attached hydrogens (tertiary/aromatic N) is 1. The zero-order chi connectivity index (χ0) is 12.0. The standard InChI is InChI=1S/C14H30N2/c1-5-16(6-2)11-10-15-14-12(3)8-7-9-13(14)4/h12-15H,5-11H2,1-4H3. The molecule has 0 saturated heterocycles. The summed E-state index contributed by atoms with van der Waals surface area (Å²) in [5, 5.41) is 3.78. The first-order valence-corrected chi connectivity index (χ1v) is 7.14. The summed E-state index contributed by atoms with van der Waals surface area (Å²) in [6.45, 7) is 14.0. The lowest BCUT2D eigenvalue weighted by atomic mass is 9.79. The number of rotatable bonds is 6. The monoisotopic (exact) mass is 226 g/mol. The molecule has 2 unspecified atom stereocenters. The quantitative estimate of drug-likeness (QED) is 0.749. The third-order valence-corrected chi connectivity index (χ3v) is 4.25. The van der Waals surface area contributed by atoms with Gasteiger partial charge in [0.05, 0.1) is 0 Å². The van der Waals surface area contributed by atoms with Crippen LogP contribution in [0.2, 0.25) is 0 Å². The molecule has 16 heavy (non-hydrogen) atoms. The van der Waals surface area contributed by atoms with Gasteiger partial charge in [-0.15, -0.1) is 0 Å². The van der Waals surface area contributed by atoms with Crippen LogP contribution in [0, 0.1) is 11.8 Å². The SMILES string of the molecule is CCN(CC)CCNC1C(C)CCCC1C. The summed E-state index contributed by atoms with van der Waals surface area (Å²) in [5.74, 6) is 1.72. The van der Waals surface area contributed by atoms with E-state index in [9.17, 15) is 0 Å². The molecule has 0 aliphatic heterocycles. The maximum Gasteiger partial charge on any atom is 0.0119 e. The molecule has 0 aromatic carbocycles. The molecule has 0 bridgehead atoms. The lowest BCUT2D eigenvalue weighted by Crippen LogP contribution is -2.45. The van der Waals surface area contributed by atoms with E-state index in [1.54, 1.807) is 0 Å². The van der Waals surface area contributed by atoms with Gasteiger partial charge in [0.25, 0.3) is 0 Å². The fraction of sp³-hybridized carbons (Fsp3) is 1.00. The minimum atomic E-state index is 0.754. The van der Waals surface area contributed by atoms with Gasteiger partial charge in [-0.2, -0.15) is 0 Å². The number of hydrogen-bond donors (Lipinski definition) is 1. The van der Waals surface area contributed by atoms with E-state index in [1.807, 2.05) is 0 Å². The highest BCUT2D eigenvalue weighted by Crippen LogP contribution is 2.28. The first-order valence-electron chi connectivity index (χ1n) is 7.14. The van der Waals surface area contributed by atoms with Gasteiger partial charge in [-0.05, 0) is 37.8 Å². The first-order chi connectivity index (χ1) is 7.69. The van der Waals surface area contributed by atoms with Crippen molar-refractivity contribution in [1.29, 1.82) is 0 Å². The van der Waals surface area contributed by atoms with Gasteiger partial charge in [0, 0.05) is 19.1 Å². The average Bonchev–Trinajstić information content (AvgIpc) is 2.28. The van der Waals surface area contributed by atoms with E-state index in [4.69, 9.17) is 0 Å². The summed E-state index contributed by atoms with van der Waals surface area (Å²) in [5.41, 5.74) is 0. The highest BCUT2D eigenvalue weighted by atomic mass is 15.1. The lowest BCUT2D eigenvalue weighted by Gasteiger charge is -2.35. The fourth-order valence-electron chi connectivity index (χ4n) is 3.01. The van der Waals surface area contributed by atoms with Gasteiger partial charge in [0.2, 0.25) is 0 Å². The molecule has 1 N–H and O–H groups in total. The number of nitrogens with one attached hydrogen (secondary N) is 1. The Balaban J connectivity index is 2.24. The van der Waals surface area contributed by atoms with Crippen LogP contribution in [0.15, 0.2) is 0 Å². The summed E-state index contributed by atoms with van der Waals surface area (Å²) >= 11 is 0. The van der Waals surface area contributed by atoms with E-state index in [0.717, 1.165) is 24.4 Å². The van der Waals surface area contributed by atoms with Crippen LogP contribution in [0.4, 0.5) is 0 Å². The Bertz CT molecular complexity index is 168. The molecular weight excluding hydrogens is 196 g/mol. The number of likely N-dealkylation sites (N-methyl/N-ethyl adjacent to an activating group) is 1. The fourth-order valence-corrected chi connectivity index (χ4v) is 3.01. The van der Waals surface area contributed by atoms with Crippen molar-refractivity contribution in [2.24, 2.45) is 11.8 Å². The second-order valence-corrected chi connectivity index (χ2v) is 5.39. The van der Waals surface area contributed by atoms with Crippen LogP contribution in [0.5, 0.6) is 0 Å². The normalized spacial score (nSPS) is 30.9. The van der Waals surface area contributed by atoms with Gasteiger partial charge in [0.15, 0.2) is 0 Å². The van der Waals surface area contributed by atoms with Gasteiger partial charge in [-0.25, -0.2) is 0 Å². The van der Waals surface area contributed by atoms with Gasteiger partial charge in [-0.3, -0.25) is 0 Å². The summed E-state index contributed by atoms with van der Waals surface area (Å²) in [6, 6.07) is 0.754. The molecule has 96 valence electrons. The van der Waals surface area contributed by atoms with Crippen molar-refractivity contribution in [3.63, 3.8) is 0 Å². The molecule has 0 spiro atoms. The molecule has 1 fully saturated rings. The molecule has 0 radical (unpaired) electrons. The van der Waals surface area contributed by atoms with Crippen molar-refractivity contribution in [2.45, 2.75) is 53.0 Å². The molecule has 1 saturated carbocycles. The van der Waals surface area contributed by atoms with Crippen molar-refractivity contribution < 1.29 is 0 Å². The number of hydrogen-bond acceptors (Lipinski definition) is 2. The third-order valence-electron chi connectivity index (χ3n) is 4.25. The molecule has 0 aromatic heterocycles. The minimum absolute atomic E-state index is 0.754. The van der Waals surface area contributed by atoms with Gasteiger partial charge < -0.3 is 10.2 Å². The molecular formula is C14H30N2. The van der Waals surface area contributed by atoms with E-state index in [0.29, 0.717) is 0 Å². The van der Waals surface area contributed by atoms with Gasteiger partial charge in [0.1, 0.15) is 0 Å². The molecule has 0 amide bonds. The minimum Gasteiger partial charge on any atom is -0.312 e. The smallest absolute Gasteiger partial charge is 0.0119 e. The van der Waals surface area contributed by atoms with Gasteiger partial charge >= 0.3 is 0 Å². The third kappa shape index (κ3) is 4.06. The summed E-state index contributed by atoms with van der Waals surface area (Å²) in [6.07, 6.45) is 4.25. The van der Waals surface area contributed by atoms with Crippen LogP contribution >= 0.6 is 0 Å². The Morgan fingerprint density at radius 3 is 2.12 bits per heavy atom. The Hall–Kier alpha value is -0.0800. The van der Waals surface area contributed by atoms with Crippen LogP contribution in [-0.2, 0) is 0 Å². The summed E-state index contributed by atoms with van der Waals surface area (Å²) in [4.78, 5) is 2.49. The van der Waals surface area contributed by atoms with E-state index in [1.165, 1.54) is 38.9 Å². The maximum atomic E-state index is 3.78. The average molecular weight is 226 g/mol. The van der Waals surface area contributed by atoms with Crippen LogP contribution in [-0.4, -0.2) is 37.1 Å². The molecule has 1 aliphatic rings. The van der Waals surface area contributed by atoms with Crippen molar-refractivity contribution in [2.75, 3.05) is 26.2 Å². The lowest BCUT2D eigenvalue weighted by molar-refractivity contribution is 0.199. The Morgan fingerprint density at radius 1 is 1.06 bits per heavy atom. The van der Waals surface area contributed by atoms with Crippen molar-refractivity contribution >= 4 is 0 Å². The largest absolute Gasteiger partial charge is 0.312 e. The van der Waals surface area contributed by atoms with Crippen molar-refractivity contribution in [3.8, 4) is 0 Å². The molecule has 2 atom stereocenters. The van der Waals surface area contributed by atoms with Crippen LogP contribution in [0.1, 0.15) is 47.0 Å². The zero-order valence-electron chi connectivity index (χ0n) is 11.6. The Kier molecular flexibility index (Phi) is 6.37. The van der Waals surface area contributed by atoms with E-state index in [-0.39, 0.29) is 0 Å². The van der Waals surface area contributed by atoms with Crippen molar-refractivity contribution in [3.05, 3.63) is 0 Å². The van der Waals surface area contributed by atoms with Crippen molar-refractivity contribution in [1.82, 2.24) is 10.2 Å². The summed E-state index contributed by atoms with van der Waals surface area (Å²) in [7, 11) is 0.